The van der Waals surface area contributed by atoms with Crippen LogP contribution in [0.1, 0.15) is 29.0 Å². The molecule has 57 heavy (non-hydrogen) atoms. The van der Waals surface area contributed by atoms with Gasteiger partial charge in [-0.3, -0.25) is 5.32 Å². The number of rotatable bonds is 5. The number of furan rings is 1. The molecule has 0 amide bonds. The van der Waals surface area contributed by atoms with Crippen molar-refractivity contribution in [2.24, 2.45) is 4.99 Å². The van der Waals surface area contributed by atoms with E-state index in [9.17, 15) is 0 Å². The molecule has 0 radical (unpaired) electrons. The number of nitrogens with zero attached hydrogens (tertiary/aromatic N) is 2. The number of hydrogen-bond donors (Lipinski definition) is 2. The lowest BCUT2D eigenvalue weighted by Crippen LogP contribution is -2.44. The molecule has 0 aliphatic carbocycles. The number of thiophene rings is 1. The van der Waals surface area contributed by atoms with E-state index in [-0.39, 0.29) is 12.3 Å². The van der Waals surface area contributed by atoms with E-state index in [0.29, 0.717) is 0 Å². The largest absolute Gasteiger partial charge is 0.456 e. The molecule has 12 rings (SSSR count). The maximum atomic E-state index is 6.65. The molecule has 270 valence electrons. The first-order valence-electron chi connectivity index (χ1n) is 19.3. The number of aliphatic imine (C=N–C) groups is 1. The predicted octanol–water partition coefficient (Wildman–Crippen LogP) is 13.1. The normalized spacial score (nSPS) is 15.9. The Morgan fingerprint density at radius 2 is 1.16 bits per heavy atom. The smallest absolute Gasteiger partial charge is 0.137 e. The Labute approximate surface area is 332 Å². The molecule has 0 saturated heterocycles. The Balaban J connectivity index is 0.929. The number of fused-ring (bicyclic) bond motifs is 9. The minimum atomic E-state index is -0.228. The Hall–Kier alpha value is -6.99. The molecular weight excluding hydrogens is 717 g/mol. The number of para-hydroxylation sites is 2. The minimum absolute atomic E-state index is 0.0893. The highest BCUT2D eigenvalue weighted by atomic mass is 32.1. The lowest BCUT2D eigenvalue weighted by Gasteiger charge is -2.32. The van der Waals surface area contributed by atoms with Gasteiger partial charge in [-0.15, -0.1) is 11.3 Å². The minimum Gasteiger partial charge on any atom is -0.456 e. The van der Waals surface area contributed by atoms with Crippen molar-refractivity contribution in [1.29, 1.82) is 0 Å². The Morgan fingerprint density at radius 3 is 1.95 bits per heavy atom. The van der Waals surface area contributed by atoms with Crippen molar-refractivity contribution in [2.75, 3.05) is 0 Å². The van der Waals surface area contributed by atoms with Gasteiger partial charge < -0.3 is 14.3 Å². The van der Waals surface area contributed by atoms with Crippen molar-refractivity contribution in [2.45, 2.75) is 12.3 Å². The average molecular weight is 751 g/mol. The van der Waals surface area contributed by atoms with Crippen LogP contribution in [0.4, 0.5) is 0 Å². The quantitative estimate of drug-likeness (QED) is 0.184. The Bertz CT molecular complexity index is 3320. The maximum absolute atomic E-state index is 6.65. The molecule has 0 fully saturated rings. The molecule has 1 aliphatic rings. The molecule has 11 aromatic rings. The molecule has 6 heteroatoms. The standard InChI is InChI=1S/C51H34N4OS/c1-3-12-31(13-4-1)49-52-50(32-14-5-2-6-15-32)54-51(53-49)41-19-11-18-40-42-28-33(23-27-47(42)57-48(40)41)34-22-25-38-39-26-24-35(30-46(39)56-45(38)29-34)55-43-20-9-7-16-36(43)37-17-8-10-21-44(37)55/h1-30,49,51,53H,(H,52,54). The molecule has 0 saturated carbocycles. The first-order valence-corrected chi connectivity index (χ1v) is 20.2. The number of hydrogen-bond acceptors (Lipinski definition) is 5. The van der Waals surface area contributed by atoms with Gasteiger partial charge >= 0.3 is 0 Å². The zero-order chi connectivity index (χ0) is 37.5. The SMILES string of the molecule is c1ccc(C2=NC(c3cccc4c3sc3ccc(-c5ccc6c(c5)oc5cc(-n7c8ccccc8c8ccccc87)ccc56)cc34)NC(c3ccccc3)N2)cc1. The van der Waals surface area contributed by atoms with E-state index in [4.69, 9.17) is 9.41 Å². The van der Waals surface area contributed by atoms with E-state index in [2.05, 4.69) is 191 Å². The van der Waals surface area contributed by atoms with Crippen LogP contribution >= 0.6 is 11.3 Å². The fourth-order valence-electron chi connectivity index (χ4n) is 8.78. The van der Waals surface area contributed by atoms with Crippen molar-refractivity contribution in [3.8, 4) is 16.8 Å². The zero-order valence-electron chi connectivity index (χ0n) is 30.7. The molecule has 0 spiro atoms. The average Bonchev–Trinajstić information content (AvgIpc) is 3.95. The van der Waals surface area contributed by atoms with Gasteiger partial charge in [0.25, 0.3) is 0 Å². The van der Waals surface area contributed by atoms with Gasteiger partial charge in [-0.05, 0) is 65.2 Å². The van der Waals surface area contributed by atoms with Crippen LogP contribution in [0, 0.1) is 0 Å². The number of amidine groups is 1. The number of benzene rings is 8. The van der Waals surface area contributed by atoms with Crippen LogP contribution in [0.25, 0.3) is 80.7 Å². The summed E-state index contributed by atoms with van der Waals surface area (Å²) in [4.78, 5) is 5.27. The molecule has 4 heterocycles. The first-order chi connectivity index (χ1) is 28.2. The molecule has 2 N–H and O–H groups in total. The summed E-state index contributed by atoms with van der Waals surface area (Å²) in [6, 6.07) is 64.9. The molecule has 5 nitrogen and oxygen atoms in total. The zero-order valence-corrected chi connectivity index (χ0v) is 31.5. The van der Waals surface area contributed by atoms with Gasteiger partial charge in [0.1, 0.15) is 29.3 Å². The summed E-state index contributed by atoms with van der Waals surface area (Å²) < 4.78 is 11.5. The van der Waals surface area contributed by atoms with E-state index in [0.717, 1.165) is 50.2 Å². The summed E-state index contributed by atoms with van der Waals surface area (Å²) in [6.07, 6.45) is -0.317. The summed E-state index contributed by atoms with van der Waals surface area (Å²) in [6.45, 7) is 0. The Morgan fingerprint density at radius 1 is 0.509 bits per heavy atom. The van der Waals surface area contributed by atoms with Crippen molar-refractivity contribution in [3.63, 3.8) is 0 Å². The third-order valence-electron chi connectivity index (χ3n) is 11.5. The summed E-state index contributed by atoms with van der Waals surface area (Å²) in [5, 5.41) is 14.7. The van der Waals surface area contributed by atoms with Gasteiger partial charge in [-0.1, -0.05) is 127 Å². The summed E-state index contributed by atoms with van der Waals surface area (Å²) in [5.41, 5.74) is 10.9. The van der Waals surface area contributed by atoms with Gasteiger partial charge in [-0.2, -0.15) is 0 Å². The second-order valence-corrected chi connectivity index (χ2v) is 15.9. The second-order valence-electron chi connectivity index (χ2n) is 14.8. The molecule has 0 bridgehead atoms. The third-order valence-corrected chi connectivity index (χ3v) is 12.7. The fraction of sp³-hybridized carbons (Fsp3) is 0.0392. The summed E-state index contributed by atoms with van der Waals surface area (Å²) in [5.74, 6) is 0.887. The lowest BCUT2D eigenvalue weighted by atomic mass is 10.0. The highest BCUT2D eigenvalue weighted by Gasteiger charge is 2.27. The highest BCUT2D eigenvalue weighted by Crippen LogP contribution is 2.42. The highest BCUT2D eigenvalue weighted by molar-refractivity contribution is 7.26. The molecule has 8 aromatic carbocycles. The molecule has 2 atom stereocenters. The van der Waals surface area contributed by atoms with E-state index >= 15 is 0 Å². The third kappa shape index (κ3) is 5.22. The van der Waals surface area contributed by atoms with Crippen LogP contribution in [0.15, 0.2) is 191 Å². The maximum Gasteiger partial charge on any atom is 0.137 e. The van der Waals surface area contributed by atoms with E-state index in [1.54, 1.807) is 0 Å². The molecule has 1 aliphatic heterocycles. The topological polar surface area (TPSA) is 54.5 Å². The molecular formula is C51H34N4OS. The fourth-order valence-corrected chi connectivity index (χ4v) is 10.00. The monoisotopic (exact) mass is 750 g/mol. The van der Waals surface area contributed by atoms with Gasteiger partial charge in [0, 0.05) is 64.6 Å². The van der Waals surface area contributed by atoms with E-state index in [1.807, 2.05) is 17.4 Å². The van der Waals surface area contributed by atoms with Crippen LogP contribution in [0.2, 0.25) is 0 Å². The van der Waals surface area contributed by atoms with E-state index in [1.165, 1.54) is 53.1 Å². The number of nitrogens with one attached hydrogen (secondary N) is 2. The van der Waals surface area contributed by atoms with Gasteiger partial charge in [0.2, 0.25) is 0 Å². The van der Waals surface area contributed by atoms with Crippen LogP contribution in [-0.2, 0) is 0 Å². The number of aromatic nitrogens is 1. The lowest BCUT2D eigenvalue weighted by molar-refractivity contribution is 0.411. The van der Waals surface area contributed by atoms with Crippen molar-refractivity contribution in [3.05, 3.63) is 199 Å². The van der Waals surface area contributed by atoms with Crippen LogP contribution < -0.4 is 10.6 Å². The molecule has 3 aromatic heterocycles. The van der Waals surface area contributed by atoms with Gasteiger partial charge in [0.05, 0.1) is 11.0 Å². The predicted molar refractivity (Wildman–Crippen MR) is 238 cm³/mol. The van der Waals surface area contributed by atoms with Gasteiger partial charge in [0.15, 0.2) is 0 Å². The van der Waals surface area contributed by atoms with Crippen LogP contribution in [0.3, 0.4) is 0 Å². The first kappa shape index (κ1) is 32.3. The van der Waals surface area contributed by atoms with E-state index < -0.39 is 0 Å². The van der Waals surface area contributed by atoms with Crippen LogP contribution in [-0.4, -0.2) is 10.4 Å². The second kappa shape index (κ2) is 12.8. The van der Waals surface area contributed by atoms with Crippen molar-refractivity contribution >= 4 is 81.1 Å². The van der Waals surface area contributed by atoms with Crippen LogP contribution in [0.5, 0.6) is 0 Å². The summed E-state index contributed by atoms with van der Waals surface area (Å²) in [7, 11) is 0. The van der Waals surface area contributed by atoms with Gasteiger partial charge in [-0.25, -0.2) is 4.99 Å². The van der Waals surface area contributed by atoms with Crippen molar-refractivity contribution in [1.82, 2.24) is 15.2 Å². The summed E-state index contributed by atoms with van der Waals surface area (Å²) >= 11 is 1.84. The molecule has 2 unspecified atom stereocenters. The Kier molecular flexibility index (Phi) is 7.24. The van der Waals surface area contributed by atoms with Crippen molar-refractivity contribution < 1.29 is 4.42 Å².